The van der Waals surface area contributed by atoms with Gasteiger partial charge in [0.2, 0.25) is 5.91 Å². The molecule has 1 aliphatic rings. The molecule has 0 radical (unpaired) electrons. The first kappa shape index (κ1) is 20.5. The van der Waals surface area contributed by atoms with E-state index < -0.39 is 12.1 Å². The number of alkyl carbamates (subject to hydrolysis) is 1. The maximum absolute atomic E-state index is 12.5. The van der Waals surface area contributed by atoms with Crippen molar-refractivity contribution in [2.75, 3.05) is 0 Å². The Morgan fingerprint density at radius 2 is 1.86 bits per heavy atom. The number of hydrogen-bond acceptors (Lipinski definition) is 5. The number of carbonyl (C=O) groups is 3. The fraction of sp³-hybridized carbons (Fsp3) is 0.364. The van der Waals surface area contributed by atoms with Crippen LogP contribution in [-0.2, 0) is 20.9 Å². The largest absolute Gasteiger partial charge is 0.445 e. The number of nitrogens with one attached hydrogen (secondary N) is 2. The molecule has 152 valence electrons. The number of aldehydes is 1. The van der Waals surface area contributed by atoms with Crippen molar-refractivity contribution in [3.8, 4) is 0 Å². The van der Waals surface area contributed by atoms with Crippen molar-refractivity contribution in [2.24, 2.45) is 5.92 Å². The Morgan fingerprint density at radius 3 is 2.52 bits per heavy atom. The molecule has 2 aromatic rings. The molecule has 0 bridgehead atoms. The second kappa shape index (κ2) is 10.4. The van der Waals surface area contributed by atoms with Crippen molar-refractivity contribution in [3.05, 3.63) is 66.0 Å². The van der Waals surface area contributed by atoms with Gasteiger partial charge in [-0.05, 0) is 42.9 Å². The standard InChI is InChI=1S/C22H25N3O4/c26-14-20(18-7-4-12-23-13-18)25-21(27)17-8-10-19(11-9-17)24-22(28)29-15-16-5-2-1-3-6-16/h1-7,12-14,17,19-20H,8-11,15H2,(H,24,28)(H,25,27). The summed E-state index contributed by atoms with van der Waals surface area (Å²) in [7, 11) is 0. The molecule has 1 saturated carbocycles. The van der Waals surface area contributed by atoms with Gasteiger partial charge in [0.25, 0.3) is 0 Å². The molecule has 1 unspecified atom stereocenters. The van der Waals surface area contributed by atoms with E-state index in [1.165, 1.54) is 0 Å². The van der Waals surface area contributed by atoms with Crippen molar-refractivity contribution < 1.29 is 19.1 Å². The Balaban J connectivity index is 1.40. The molecule has 1 atom stereocenters. The second-order valence-electron chi connectivity index (χ2n) is 7.16. The molecule has 7 heteroatoms. The topological polar surface area (TPSA) is 97.4 Å². The Morgan fingerprint density at radius 1 is 1.10 bits per heavy atom. The third-order valence-corrected chi connectivity index (χ3v) is 5.11. The van der Waals surface area contributed by atoms with Crippen LogP contribution in [0.15, 0.2) is 54.9 Å². The molecule has 2 N–H and O–H groups in total. The number of carbonyl (C=O) groups excluding carboxylic acids is 3. The Bertz CT molecular complexity index is 805. The molecular formula is C22H25N3O4. The number of hydrogen-bond donors (Lipinski definition) is 2. The molecule has 0 saturated heterocycles. The van der Waals surface area contributed by atoms with Crippen LogP contribution in [0, 0.1) is 5.92 Å². The summed E-state index contributed by atoms with van der Waals surface area (Å²) in [5.74, 6) is -0.316. The Labute approximate surface area is 169 Å². The van der Waals surface area contributed by atoms with Crippen LogP contribution in [0.25, 0.3) is 0 Å². The Hall–Kier alpha value is -3.22. The monoisotopic (exact) mass is 395 g/mol. The Kier molecular flexibility index (Phi) is 7.33. The van der Waals surface area contributed by atoms with Gasteiger partial charge in [0, 0.05) is 24.4 Å². The fourth-order valence-electron chi connectivity index (χ4n) is 3.46. The summed E-state index contributed by atoms with van der Waals surface area (Å²) < 4.78 is 5.25. The van der Waals surface area contributed by atoms with Crippen molar-refractivity contribution in [1.82, 2.24) is 15.6 Å². The van der Waals surface area contributed by atoms with Gasteiger partial charge in [0.1, 0.15) is 18.9 Å². The fourth-order valence-corrected chi connectivity index (χ4v) is 3.46. The average molecular weight is 395 g/mol. The lowest BCUT2D eigenvalue weighted by atomic mass is 9.85. The third kappa shape index (κ3) is 6.14. The molecule has 7 nitrogen and oxygen atoms in total. The molecule has 1 heterocycles. The predicted molar refractivity (Wildman–Crippen MR) is 107 cm³/mol. The minimum atomic E-state index is -0.694. The van der Waals surface area contributed by atoms with Gasteiger partial charge in [-0.25, -0.2) is 4.79 Å². The van der Waals surface area contributed by atoms with Crippen LogP contribution < -0.4 is 10.6 Å². The van der Waals surface area contributed by atoms with Crippen molar-refractivity contribution >= 4 is 18.3 Å². The zero-order valence-electron chi connectivity index (χ0n) is 16.1. The lowest BCUT2D eigenvalue weighted by Gasteiger charge is -2.28. The van der Waals surface area contributed by atoms with Gasteiger partial charge in [0.15, 0.2) is 0 Å². The summed E-state index contributed by atoms with van der Waals surface area (Å²) in [4.78, 5) is 39.9. The van der Waals surface area contributed by atoms with Crippen LogP contribution in [0.2, 0.25) is 0 Å². The smallest absolute Gasteiger partial charge is 0.407 e. The summed E-state index contributed by atoms with van der Waals surface area (Å²) in [6.07, 6.45) is 6.13. The number of aromatic nitrogens is 1. The van der Waals surface area contributed by atoms with E-state index in [1.54, 1.807) is 24.5 Å². The zero-order valence-corrected chi connectivity index (χ0v) is 16.1. The highest BCUT2D eigenvalue weighted by atomic mass is 16.5. The van der Waals surface area contributed by atoms with E-state index in [0.29, 0.717) is 37.5 Å². The number of rotatable bonds is 7. The van der Waals surface area contributed by atoms with E-state index >= 15 is 0 Å². The average Bonchev–Trinajstić information content (AvgIpc) is 2.77. The highest BCUT2D eigenvalue weighted by Gasteiger charge is 2.28. The summed E-state index contributed by atoms with van der Waals surface area (Å²) in [6, 6.07) is 12.3. The lowest BCUT2D eigenvalue weighted by Crippen LogP contribution is -2.42. The van der Waals surface area contributed by atoms with Crippen molar-refractivity contribution in [2.45, 2.75) is 44.4 Å². The van der Waals surface area contributed by atoms with E-state index in [1.807, 2.05) is 30.3 Å². The first-order valence-electron chi connectivity index (χ1n) is 9.78. The van der Waals surface area contributed by atoms with Gasteiger partial charge < -0.3 is 20.2 Å². The SMILES string of the molecule is O=CC(NC(=O)C1CCC(NC(=O)OCc2ccccc2)CC1)c1cccnc1. The van der Waals surface area contributed by atoms with E-state index in [-0.39, 0.29) is 24.5 Å². The molecule has 1 aromatic carbocycles. The van der Waals surface area contributed by atoms with Crippen LogP contribution in [0.4, 0.5) is 4.79 Å². The van der Waals surface area contributed by atoms with Crippen LogP contribution in [0.3, 0.4) is 0 Å². The number of nitrogens with zero attached hydrogens (tertiary/aromatic N) is 1. The predicted octanol–water partition coefficient (Wildman–Crippen LogP) is 2.92. The van der Waals surface area contributed by atoms with Gasteiger partial charge in [-0.1, -0.05) is 36.4 Å². The van der Waals surface area contributed by atoms with Crippen LogP contribution in [0.1, 0.15) is 42.9 Å². The minimum absolute atomic E-state index is 0.0116. The lowest BCUT2D eigenvalue weighted by molar-refractivity contribution is -0.128. The quantitative estimate of drug-likeness (QED) is 0.703. The van der Waals surface area contributed by atoms with Crippen LogP contribution in [0.5, 0.6) is 0 Å². The molecule has 1 fully saturated rings. The number of amides is 2. The van der Waals surface area contributed by atoms with E-state index in [4.69, 9.17) is 4.74 Å². The van der Waals surface area contributed by atoms with Crippen molar-refractivity contribution in [1.29, 1.82) is 0 Å². The second-order valence-corrected chi connectivity index (χ2v) is 7.16. The van der Waals surface area contributed by atoms with E-state index in [2.05, 4.69) is 15.6 Å². The maximum atomic E-state index is 12.5. The highest BCUT2D eigenvalue weighted by Crippen LogP contribution is 2.25. The zero-order chi connectivity index (χ0) is 20.5. The first-order valence-corrected chi connectivity index (χ1v) is 9.78. The van der Waals surface area contributed by atoms with Gasteiger partial charge in [-0.2, -0.15) is 0 Å². The summed E-state index contributed by atoms with van der Waals surface area (Å²) >= 11 is 0. The van der Waals surface area contributed by atoms with Gasteiger partial charge in [0.05, 0.1) is 0 Å². The van der Waals surface area contributed by atoms with E-state index in [9.17, 15) is 14.4 Å². The number of benzene rings is 1. The van der Waals surface area contributed by atoms with E-state index in [0.717, 1.165) is 5.56 Å². The first-order chi connectivity index (χ1) is 14.2. The normalized spacial score (nSPS) is 19.6. The number of ether oxygens (including phenoxy) is 1. The molecule has 1 aromatic heterocycles. The maximum Gasteiger partial charge on any atom is 0.407 e. The molecule has 0 spiro atoms. The highest BCUT2D eigenvalue weighted by molar-refractivity contribution is 5.82. The van der Waals surface area contributed by atoms with Crippen LogP contribution in [-0.4, -0.2) is 29.3 Å². The van der Waals surface area contributed by atoms with Gasteiger partial charge in [-0.15, -0.1) is 0 Å². The third-order valence-electron chi connectivity index (χ3n) is 5.11. The summed E-state index contributed by atoms with van der Waals surface area (Å²) in [5, 5.41) is 5.66. The van der Waals surface area contributed by atoms with Crippen LogP contribution >= 0.6 is 0 Å². The molecule has 3 rings (SSSR count). The minimum Gasteiger partial charge on any atom is -0.445 e. The molecule has 2 amide bonds. The number of pyridine rings is 1. The summed E-state index contributed by atoms with van der Waals surface area (Å²) in [5.41, 5.74) is 1.59. The van der Waals surface area contributed by atoms with Gasteiger partial charge >= 0.3 is 6.09 Å². The molecule has 1 aliphatic carbocycles. The molecule has 0 aliphatic heterocycles. The van der Waals surface area contributed by atoms with Gasteiger partial charge in [-0.3, -0.25) is 9.78 Å². The molecular weight excluding hydrogens is 370 g/mol. The van der Waals surface area contributed by atoms with Crippen molar-refractivity contribution in [3.63, 3.8) is 0 Å². The summed E-state index contributed by atoms with van der Waals surface area (Å²) in [6.45, 7) is 0.228. The molecule has 29 heavy (non-hydrogen) atoms.